The van der Waals surface area contributed by atoms with E-state index in [0.717, 1.165) is 66.1 Å². The van der Waals surface area contributed by atoms with E-state index in [0.29, 0.717) is 24.7 Å². The van der Waals surface area contributed by atoms with Gasteiger partial charge in [0, 0.05) is 58.0 Å². The lowest BCUT2D eigenvalue weighted by atomic mass is 10.0. The molecule has 2 aromatic heterocycles. The van der Waals surface area contributed by atoms with Crippen LogP contribution in [0.15, 0.2) is 36.7 Å². The van der Waals surface area contributed by atoms with Crippen molar-refractivity contribution in [1.29, 1.82) is 0 Å². The number of piperidine rings is 1. The second kappa shape index (κ2) is 13.6. The third kappa shape index (κ3) is 7.33. The zero-order valence-electron chi connectivity index (χ0n) is 23.2. The van der Waals surface area contributed by atoms with Gasteiger partial charge in [-0.15, -0.1) is 0 Å². The van der Waals surface area contributed by atoms with Crippen molar-refractivity contribution in [3.05, 3.63) is 47.8 Å². The molecule has 4 heterocycles. The number of rotatable bonds is 9. The summed E-state index contributed by atoms with van der Waals surface area (Å²) in [5.74, 6) is 0.785. The fraction of sp³-hybridized carbons (Fsp3) is 0.536. The molecule has 212 valence electrons. The summed E-state index contributed by atoms with van der Waals surface area (Å²) in [6.07, 6.45) is 10.6. The normalized spacial score (nSPS) is 17.0. The number of anilines is 1. The van der Waals surface area contributed by atoms with Crippen LogP contribution in [-0.2, 0) is 16.4 Å². The van der Waals surface area contributed by atoms with E-state index in [2.05, 4.69) is 33.9 Å². The van der Waals surface area contributed by atoms with E-state index in [1.165, 1.54) is 9.87 Å². The predicted octanol–water partition coefficient (Wildman–Crippen LogP) is 4.49. The largest absolute Gasteiger partial charge is 0.467 e. The predicted molar refractivity (Wildman–Crippen MR) is 160 cm³/mol. The molecule has 9 nitrogen and oxygen atoms in total. The molecule has 2 aliphatic heterocycles. The molecule has 1 saturated heterocycles. The van der Waals surface area contributed by atoms with Gasteiger partial charge in [-0.3, -0.25) is 0 Å². The van der Waals surface area contributed by atoms with Crippen LogP contribution < -0.4 is 15.4 Å². The average Bonchev–Trinajstić information content (AvgIpc) is 3.37. The summed E-state index contributed by atoms with van der Waals surface area (Å²) >= 11 is 1.56. The van der Waals surface area contributed by atoms with Crippen LogP contribution in [0.4, 0.5) is 5.95 Å². The van der Waals surface area contributed by atoms with Crippen molar-refractivity contribution in [1.82, 2.24) is 19.3 Å². The van der Waals surface area contributed by atoms with Crippen LogP contribution >= 0.6 is 11.3 Å². The number of hydrogen-bond donors (Lipinski definition) is 1. The molecule has 0 spiro atoms. The Morgan fingerprint density at radius 3 is 2.51 bits per heavy atom. The van der Waals surface area contributed by atoms with Crippen molar-refractivity contribution in [2.75, 3.05) is 43.4 Å². The van der Waals surface area contributed by atoms with Gasteiger partial charge in [-0.2, -0.15) is 4.31 Å². The van der Waals surface area contributed by atoms with E-state index in [1.807, 2.05) is 38.4 Å². The number of ether oxygens (including phenoxy) is 1. The highest BCUT2D eigenvalue weighted by Gasteiger charge is 2.25. The Morgan fingerprint density at radius 2 is 1.87 bits per heavy atom. The van der Waals surface area contributed by atoms with Crippen LogP contribution in [-0.4, -0.2) is 72.3 Å². The Balaban J connectivity index is 0.00000172. The number of sulfonamides is 1. The Hall–Kier alpha value is -2.60. The van der Waals surface area contributed by atoms with Crippen LogP contribution in [0, 0.1) is 0 Å². The van der Waals surface area contributed by atoms with Crippen LogP contribution in [0.5, 0.6) is 5.19 Å². The van der Waals surface area contributed by atoms with Gasteiger partial charge in [-0.25, -0.2) is 23.4 Å². The van der Waals surface area contributed by atoms with Crippen LogP contribution in [0.3, 0.4) is 0 Å². The van der Waals surface area contributed by atoms with Crippen LogP contribution in [0.25, 0.3) is 15.8 Å². The molecule has 0 saturated carbocycles. The van der Waals surface area contributed by atoms with Gasteiger partial charge in [0.2, 0.25) is 16.0 Å². The number of fused-ring (bicyclic) bond motifs is 1. The summed E-state index contributed by atoms with van der Waals surface area (Å²) in [6.45, 7) is 8.89. The number of aromatic nitrogens is 3. The lowest BCUT2D eigenvalue weighted by Crippen LogP contribution is -2.39. The number of nitrogens with zero attached hydrogens (tertiary/aromatic N) is 5. The summed E-state index contributed by atoms with van der Waals surface area (Å²) in [6, 6.07) is 6.22. The third-order valence-corrected chi connectivity index (χ3v) is 9.68. The minimum atomic E-state index is -3.28. The van der Waals surface area contributed by atoms with Gasteiger partial charge in [0.05, 0.1) is 16.0 Å². The first-order valence-corrected chi connectivity index (χ1v) is 16.4. The average molecular weight is 573 g/mol. The molecule has 2 N–H and O–H groups in total. The molecule has 1 aromatic carbocycles. The fourth-order valence-corrected chi connectivity index (χ4v) is 6.99. The van der Waals surface area contributed by atoms with Gasteiger partial charge < -0.3 is 15.4 Å². The van der Waals surface area contributed by atoms with Gasteiger partial charge in [-0.1, -0.05) is 50.7 Å². The monoisotopic (exact) mass is 572 g/mol. The van der Waals surface area contributed by atoms with Crippen molar-refractivity contribution in [3.63, 3.8) is 0 Å². The van der Waals surface area contributed by atoms with Crippen LogP contribution in [0.1, 0.15) is 57.6 Å². The first-order chi connectivity index (χ1) is 18.9. The van der Waals surface area contributed by atoms with Gasteiger partial charge in [-0.05, 0) is 41.7 Å². The van der Waals surface area contributed by atoms with E-state index < -0.39 is 10.0 Å². The molecule has 2 aliphatic rings. The Kier molecular flexibility index (Phi) is 10.3. The topological polar surface area (TPSA) is 115 Å². The number of nitrogens with two attached hydrogens (primary N) is 1. The van der Waals surface area contributed by atoms with E-state index >= 15 is 0 Å². The molecule has 1 fully saturated rings. The molecular formula is C28H40N6O3S2. The van der Waals surface area contributed by atoms with Gasteiger partial charge in [0.1, 0.15) is 6.10 Å². The SMILES string of the molecule is CC.CCCc1cnc(N2CCC(Oc3nc4ccc(C5=CCN(S(=O)(=O)CCN)CC5)cc4s3)CC2)nc1. The van der Waals surface area contributed by atoms with Gasteiger partial charge in [0.15, 0.2) is 0 Å². The second-order valence-corrected chi connectivity index (χ2v) is 12.6. The molecule has 39 heavy (non-hydrogen) atoms. The maximum Gasteiger partial charge on any atom is 0.274 e. The van der Waals surface area contributed by atoms with E-state index in [9.17, 15) is 8.42 Å². The Labute approximate surface area is 236 Å². The molecule has 5 rings (SSSR count). The van der Waals surface area contributed by atoms with Crippen LogP contribution in [0.2, 0.25) is 0 Å². The zero-order chi connectivity index (χ0) is 27.8. The summed E-state index contributed by atoms with van der Waals surface area (Å²) in [7, 11) is -3.28. The highest BCUT2D eigenvalue weighted by molar-refractivity contribution is 7.89. The first-order valence-electron chi connectivity index (χ1n) is 14.0. The van der Waals surface area contributed by atoms with E-state index in [4.69, 9.17) is 15.5 Å². The summed E-state index contributed by atoms with van der Waals surface area (Å²) < 4.78 is 33.4. The zero-order valence-corrected chi connectivity index (χ0v) is 24.8. The third-order valence-electron chi connectivity index (χ3n) is 6.90. The molecule has 0 bridgehead atoms. The van der Waals surface area contributed by atoms with Crippen molar-refractivity contribution < 1.29 is 13.2 Å². The Bertz CT molecular complexity index is 1350. The molecule has 11 heteroatoms. The lowest BCUT2D eigenvalue weighted by Gasteiger charge is -2.31. The summed E-state index contributed by atoms with van der Waals surface area (Å²) in [5, 5.41) is 0.697. The molecule has 0 unspecified atom stereocenters. The molecule has 0 atom stereocenters. The highest BCUT2D eigenvalue weighted by Crippen LogP contribution is 2.33. The smallest absolute Gasteiger partial charge is 0.274 e. The van der Waals surface area contributed by atoms with E-state index in [-0.39, 0.29) is 18.4 Å². The second-order valence-electron chi connectivity index (χ2n) is 9.55. The van der Waals surface area contributed by atoms with Gasteiger partial charge in [0.25, 0.3) is 5.19 Å². The van der Waals surface area contributed by atoms with Crippen molar-refractivity contribution in [2.24, 2.45) is 5.73 Å². The number of benzene rings is 1. The van der Waals surface area contributed by atoms with Gasteiger partial charge >= 0.3 is 0 Å². The number of thiazole rings is 1. The first kappa shape index (κ1) is 29.4. The molecule has 0 radical (unpaired) electrons. The molecule has 3 aromatic rings. The maximum atomic E-state index is 12.3. The van der Waals surface area contributed by atoms with E-state index in [1.54, 1.807) is 11.3 Å². The molecular weight excluding hydrogens is 532 g/mol. The minimum absolute atomic E-state index is 0.00921. The number of aryl methyl sites for hydroxylation is 1. The summed E-state index contributed by atoms with van der Waals surface area (Å²) in [5.41, 5.74) is 9.83. The van der Waals surface area contributed by atoms with Crippen molar-refractivity contribution in [2.45, 2.75) is 59.0 Å². The maximum absolute atomic E-state index is 12.3. The highest BCUT2D eigenvalue weighted by atomic mass is 32.2. The fourth-order valence-electron chi connectivity index (χ4n) is 4.84. The standard InChI is InChI=1S/C26H34N6O3S2.C2H6/c1-2-3-19-17-28-25(29-18-19)31-11-8-22(9-12-31)35-26-30-23-5-4-21(16-24(23)36-26)20-6-13-32(14-7-20)37(33,34)15-10-27;1-2/h4-6,16-18,22H,2-3,7-15,27H2,1H3;1-2H3. The molecule has 0 aliphatic carbocycles. The summed E-state index contributed by atoms with van der Waals surface area (Å²) in [4.78, 5) is 16.0. The Morgan fingerprint density at radius 1 is 1.13 bits per heavy atom. The molecule has 0 amide bonds. The van der Waals surface area contributed by atoms with Crippen molar-refractivity contribution >= 4 is 43.1 Å². The lowest BCUT2D eigenvalue weighted by molar-refractivity contribution is 0.170. The quantitative estimate of drug-likeness (QED) is 0.399. The minimum Gasteiger partial charge on any atom is -0.467 e. The van der Waals surface area contributed by atoms with Crippen molar-refractivity contribution in [3.8, 4) is 5.19 Å². The number of hydrogen-bond acceptors (Lipinski definition) is 9.